The predicted octanol–water partition coefficient (Wildman–Crippen LogP) is -3.13. The highest BCUT2D eigenvalue weighted by Gasteiger charge is 2.31. The molecule has 1 fully saturated rings. The van der Waals surface area contributed by atoms with Gasteiger partial charge < -0.3 is 40.7 Å². The minimum atomic E-state index is -1.41. The maximum absolute atomic E-state index is 10.7. The number of aliphatic carboxylic acids is 2. The van der Waals surface area contributed by atoms with E-state index >= 15 is 0 Å². The number of rotatable bonds is 9. The third kappa shape index (κ3) is 8.36. The second-order valence-electron chi connectivity index (χ2n) is 6.39. The van der Waals surface area contributed by atoms with Crippen LogP contribution >= 0.6 is 0 Å². The van der Waals surface area contributed by atoms with Gasteiger partial charge in [-0.15, -0.1) is 0 Å². The zero-order valence-corrected chi connectivity index (χ0v) is 14.4. The number of nitrogens with one attached hydrogen (secondary N) is 1. The molecule has 0 aromatic carbocycles. The largest absolute Gasteiger partial charge is 0.480 e. The van der Waals surface area contributed by atoms with E-state index in [4.69, 9.17) is 14.9 Å². The van der Waals surface area contributed by atoms with E-state index in [2.05, 4.69) is 5.32 Å². The number of carbonyl (C=O) groups is 2. The van der Waals surface area contributed by atoms with Crippen molar-refractivity contribution in [3.63, 3.8) is 0 Å². The molecule has 0 aromatic rings. The Morgan fingerprint density at radius 2 is 1.58 bits per heavy atom. The molecule has 0 aliphatic carbocycles. The second-order valence-corrected chi connectivity index (χ2v) is 6.39. The molecule has 7 N–H and O–H groups in total. The molecule has 1 aliphatic heterocycles. The van der Waals surface area contributed by atoms with Gasteiger partial charge in [0.2, 0.25) is 0 Å². The molecule has 11 nitrogen and oxygen atoms in total. The van der Waals surface area contributed by atoms with Crippen molar-refractivity contribution in [1.82, 2.24) is 10.2 Å². The van der Waals surface area contributed by atoms with Gasteiger partial charge in [0.25, 0.3) is 0 Å². The highest BCUT2D eigenvalue weighted by atomic mass is 16.6. The Bertz CT molecular complexity index is 435. The third-order valence-corrected chi connectivity index (χ3v) is 4.17. The van der Waals surface area contributed by atoms with Gasteiger partial charge in [0.1, 0.15) is 6.10 Å². The Kier molecular flexibility index (Phi) is 9.94. The summed E-state index contributed by atoms with van der Waals surface area (Å²) in [6, 6.07) is 0. The first-order chi connectivity index (χ1) is 12.2. The van der Waals surface area contributed by atoms with Crippen LogP contribution in [0.25, 0.3) is 0 Å². The van der Waals surface area contributed by atoms with Gasteiger partial charge in [-0.25, -0.2) is 0 Å². The molecule has 0 amide bonds. The Hall–Kier alpha value is -1.34. The van der Waals surface area contributed by atoms with E-state index in [1.165, 1.54) is 4.90 Å². The molecule has 0 radical (unpaired) electrons. The van der Waals surface area contributed by atoms with Crippen molar-refractivity contribution in [3.8, 4) is 0 Å². The van der Waals surface area contributed by atoms with E-state index in [0.29, 0.717) is 0 Å². The van der Waals surface area contributed by atoms with Gasteiger partial charge in [0.15, 0.2) is 6.29 Å². The summed E-state index contributed by atoms with van der Waals surface area (Å²) < 4.78 is 5.12. The fourth-order valence-corrected chi connectivity index (χ4v) is 2.70. The molecule has 0 aromatic heterocycles. The number of hydrogen-bond donors (Lipinski definition) is 7. The van der Waals surface area contributed by atoms with Crippen LogP contribution in [0, 0.1) is 5.92 Å². The van der Waals surface area contributed by atoms with Crippen molar-refractivity contribution in [2.75, 3.05) is 39.3 Å². The summed E-state index contributed by atoms with van der Waals surface area (Å²) in [6.45, 7) is -0.318. The molecule has 1 rings (SSSR count). The van der Waals surface area contributed by atoms with Crippen LogP contribution in [0.1, 0.15) is 12.8 Å². The zero-order valence-electron chi connectivity index (χ0n) is 14.4. The molecule has 11 heteroatoms. The van der Waals surface area contributed by atoms with E-state index in [1.807, 2.05) is 0 Å². The number of aliphatic hydroxyl groups excluding tert-OH is 4. The van der Waals surface area contributed by atoms with Crippen molar-refractivity contribution in [2.45, 2.75) is 37.4 Å². The maximum atomic E-state index is 10.7. The molecule has 0 bridgehead atoms. The molecular formula is C15H28N2O9. The number of hydrogen-bond acceptors (Lipinski definition) is 9. The number of ether oxygens (including phenoxy) is 1. The van der Waals surface area contributed by atoms with Gasteiger partial charge in [-0.3, -0.25) is 14.5 Å². The molecular weight excluding hydrogens is 352 g/mol. The molecule has 5 atom stereocenters. The molecule has 3 unspecified atom stereocenters. The first-order valence-corrected chi connectivity index (χ1v) is 8.41. The van der Waals surface area contributed by atoms with Crippen LogP contribution in [0.5, 0.6) is 0 Å². The minimum Gasteiger partial charge on any atom is -0.480 e. The van der Waals surface area contributed by atoms with Crippen LogP contribution in [0.4, 0.5) is 0 Å². The smallest absolute Gasteiger partial charge is 0.317 e. The van der Waals surface area contributed by atoms with E-state index in [0.717, 1.165) is 0 Å². The van der Waals surface area contributed by atoms with Gasteiger partial charge in [-0.2, -0.15) is 0 Å². The Balaban J connectivity index is 2.49. The molecule has 0 saturated carbocycles. The first-order valence-electron chi connectivity index (χ1n) is 8.41. The van der Waals surface area contributed by atoms with Crippen LogP contribution < -0.4 is 5.32 Å². The Morgan fingerprint density at radius 1 is 1.00 bits per heavy atom. The molecule has 1 aliphatic rings. The molecule has 0 spiro atoms. The van der Waals surface area contributed by atoms with Crippen LogP contribution in [-0.4, -0.2) is 111 Å². The summed E-state index contributed by atoms with van der Waals surface area (Å²) in [6.07, 6.45) is -4.58. The normalized spacial score (nSPS) is 30.4. The van der Waals surface area contributed by atoms with Gasteiger partial charge >= 0.3 is 11.9 Å². The van der Waals surface area contributed by atoms with Crippen LogP contribution in [0.15, 0.2) is 0 Å². The van der Waals surface area contributed by atoms with Crippen molar-refractivity contribution in [1.29, 1.82) is 0 Å². The van der Waals surface area contributed by atoms with Crippen molar-refractivity contribution in [3.05, 3.63) is 0 Å². The number of nitrogens with zero attached hydrogens (tertiary/aromatic N) is 1. The lowest BCUT2D eigenvalue weighted by atomic mass is 9.95. The lowest BCUT2D eigenvalue weighted by Crippen LogP contribution is -2.44. The SMILES string of the molecule is O=C(O)CN(CCNCC1CO[C@H](O)C(O)CCC(O)[C@@H]1O)CC(=O)O. The fraction of sp³-hybridized carbons (Fsp3) is 0.867. The highest BCUT2D eigenvalue weighted by Crippen LogP contribution is 2.18. The summed E-state index contributed by atoms with van der Waals surface area (Å²) in [5, 5.41) is 59.9. The highest BCUT2D eigenvalue weighted by molar-refractivity contribution is 5.72. The number of aliphatic hydroxyl groups is 4. The summed E-state index contributed by atoms with van der Waals surface area (Å²) >= 11 is 0. The number of carboxylic acids is 2. The lowest BCUT2D eigenvalue weighted by Gasteiger charge is -2.26. The van der Waals surface area contributed by atoms with Gasteiger partial charge in [-0.1, -0.05) is 0 Å². The fourth-order valence-electron chi connectivity index (χ4n) is 2.70. The summed E-state index contributed by atoms with van der Waals surface area (Å²) in [5.74, 6) is -2.85. The molecule has 1 heterocycles. The minimum absolute atomic E-state index is 0.0822. The second kappa shape index (κ2) is 11.4. The van der Waals surface area contributed by atoms with E-state index in [-0.39, 0.29) is 39.1 Å². The van der Waals surface area contributed by atoms with Crippen LogP contribution in [0.2, 0.25) is 0 Å². The topological polar surface area (TPSA) is 180 Å². The average Bonchev–Trinajstić information content (AvgIpc) is 2.59. The Morgan fingerprint density at radius 3 is 2.15 bits per heavy atom. The summed E-state index contributed by atoms with van der Waals surface area (Å²) in [5.41, 5.74) is 0. The van der Waals surface area contributed by atoms with Crippen LogP contribution in [-0.2, 0) is 14.3 Å². The summed E-state index contributed by atoms with van der Waals surface area (Å²) in [7, 11) is 0. The van der Waals surface area contributed by atoms with Gasteiger partial charge in [-0.05, 0) is 12.8 Å². The monoisotopic (exact) mass is 380 g/mol. The van der Waals surface area contributed by atoms with E-state index in [9.17, 15) is 30.0 Å². The molecule has 26 heavy (non-hydrogen) atoms. The van der Waals surface area contributed by atoms with E-state index < -0.39 is 55.5 Å². The predicted molar refractivity (Wildman–Crippen MR) is 87.3 cm³/mol. The number of carboxylic acid groups (broad SMARTS) is 2. The van der Waals surface area contributed by atoms with Crippen molar-refractivity contribution < 1.29 is 45.0 Å². The zero-order chi connectivity index (χ0) is 19.7. The molecule has 1 saturated heterocycles. The molecule has 152 valence electrons. The first kappa shape index (κ1) is 22.7. The van der Waals surface area contributed by atoms with Crippen molar-refractivity contribution >= 4 is 11.9 Å². The maximum Gasteiger partial charge on any atom is 0.317 e. The lowest BCUT2D eigenvalue weighted by molar-refractivity contribution is -0.171. The summed E-state index contributed by atoms with van der Waals surface area (Å²) in [4.78, 5) is 22.7. The standard InChI is InChI=1S/C15H28N2O9/c18-10-1-2-11(19)15(25)26-8-9(14(10)24)5-16-3-4-17(6-12(20)21)7-13(22)23/h9-11,14-16,18-19,24-25H,1-8H2,(H,20,21)(H,22,23)/t9?,10?,11?,14-,15+/m1/s1. The van der Waals surface area contributed by atoms with Gasteiger partial charge in [0, 0.05) is 25.6 Å². The average molecular weight is 380 g/mol. The quantitative estimate of drug-likeness (QED) is 0.201. The van der Waals surface area contributed by atoms with Crippen LogP contribution in [0.3, 0.4) is 0 Å². The third-order valence-electron chi connectivity index (χ3n) is 4.17. The van der Waals surface area contributed by atoms with Gasteiger partial charge in [0.05, 0.1) is 31.9 Å². The van der Waals surface area contributed by atoms with E-state index in [1.54, 1.807) is 0 Å². The Labute approximate surface area is 150 Å². The van der Waals surface area contributed by atoms with Crippen molar-refractivity contribution in [2.24, 2.45) is 5.92 Å².